The van der Waals surface area contributed by atoms with Crippen LogP contribution in [0.25, 0.3) is 17.1 Å². The second kappa shape index (κ2) is 5.93. The van der Waals surface area contributed by atoms with Crippen LogP contribution in [-0.2, 0) is 16.2 Å². The third-order valence-corrected chi connectivity index (χ3v) is 4.18. The number of benzene rings is 1. The van der Waals surface area contributed by atoms with Crippen LogP contribution in [0.2, 0.25) is 0 Å². The van der Waals surface area contributed by atoms with Crippen LogP contribution in [0.5, 0.6) is 0 Å². The average Bonchev–Trinajstić information content (AvgIpc) is 3.00. The molecule has 0 unspecified atom stereocenters. The second-order valence-electron chi connectivity index (χ2n) is 4.93. The Morgan fingerprint density at radius 1 is 1.12 bits per heavy atom. The molecule has 25 heavy (non-hydrogen) atoms. The molecule has 2 aromatic heterocycles. The van der Waals surface area contributed by atoms with Crippen LogP contribution >= 0.6 is 0 Å². The number of primary sulfonamides is 1. The van der Waals surface area contributed by atoms with E-state index in [4.69, 9.17) is 5.14 Å². The van der Waals surface area contributed by atoms with Gasteiger partial charge in [0, 0.05) is 12.4 Å². The van der Waals surface area contributed by atoms with Gasteiger partial charge in [-0.1, -0.05) is 12.1 Å². The van der Waals surface area contributed by atoms with E-state index in [0.29, 0.717) is 0 Å². The molecule has 7 nitrogen and oxygen atoms in total. The van der Waals surface area contributed by atoms with E-state index in [1.54, 1.807) is 0 Å². The predicted molar refractivity (Wildman–Crippen MR) is 81.0 cm³/mol. The summed E-state index contributed by atoms with van der Waals surface area (Å²) >= 11 is 0. The Balaban J connectivity index is 2.32. The average molecular weight is 369 g/mol. The quantitative estimate of drug-likeness (QED) is 0.760. The summed E-state index contributed by atoms with van der Waals surface area (Å²) in [6, 6.07) is 6.11. The van der Waals surface area contributed by atoms with E-state index in [-0.39, 0.29) is 22.0 Å². The van der Waals surface area contributed by atoms with Gasteiger partial charge in [0.1, 0.15) is 10.6 Å². The first kappa shape index (κ1) is 17.0. The van der Waals surface area contributed by atoms with Gasteiger partial charge in [0.25, 0.3) is 0 Å². The maximum absolute atomic E-state index is 13.1. The van der Waals surface area contributed by atoms with Crippen molar-refractivity contribution >= 4 is 10.0 Å². The molecule has 2 heterocycles. The molecule has 3 aromatic rings. The first-order valence-electron chi connectivity index (χ1n) is 6.74. The minimum atomic E-state index is -4.72. The van der Waals surface area contributed by atoms with Crippen molar-refractivity contribution in [3.8, 4) is 17.1 Å². The van der Waals surface area contributed by atoms with Crippen LogP contribution in [0.15, 0.2) is 53.8 Å². The standard InChI is InChI=1S/C14H10F3N5O2S/c15-14(16,17)13-7-11(9-8-19-5-6-20-9)22(21-13)10-3-1-2-4-12(10)25(18,23)24/h1-8H,(H2,18,23,24). The largest absolute Gasteiger partial charge is 0.435 e. The van der Waals surface area contributed by atoms with Crippen molar-refractivity contribution in [2.24, 2.45) is 5.14 Å². The van der Waals surface area contributed by atoms with Crippen molar-refractivity contribution in [2.45, 2.75) is 11.1 Å². The summed E-state index contributed by atoms with van der Waals surface area (Å²) in [6.07, 6.45) is -0.829. The molecular formula is C14H10F3N5O2S. The van der Waals surface area contributed by atoms with E-state index >= 15 is 0 Å². The Morgan fingerprint density at radius 3 is 2.44 bits per heavy atom. The summed E-state index contributed by atoms with van der Waals surface area (Å²) in [4.78, 5) is 7.40. The zero-order valence-corrected chi connectivity index (χ0v) is 13.2. The molecule has 11 heteroatoms. The molecule has 0 aliphatic carbocycles. The molecular weight excluding hydrogens is 359 g/mol. The molecule has 0 aliphatic heterocycles. The van der Waals surface area contributed by atoms with Gasteiger partial charge in [-0.3, -0.25) is 9.97 Å². The van der Waals surface area contributed by atoms with E-state index in [1.807, 2.05) is 0 Å². The number of alkyl halides is 3. The summed E-state index contributed by atoms with van der Waals surface area (Å²) in [7, 11) is -4.18. The molecule has 2 N–H and O–H groups in total. The van der Waals surface area contributed by atoms with E-state index in [9.17, 15) is 21.6 Å². The zero-order chi connectivity index (χ0) is 18.2. The monoisotopic (exact) mass is 369 g/mol. The molecule has 3 rings (SSSR count). The Hall–Kier alpha value is -2.79. The highest BCUT2D eigenvalue weighted by Crippen LogP contribution is 2.33. The molecule has 0 bridgehead atoms. The van der Waals surface area contributed by atoms with Crippen molar-refractivity contribution in [2.75, 3.05) is 0 Å². The molecule has 0 radical (unpaired) electrons. The van der Waals surface area contributed by atoms with E-state index in [0.717, 1.165) is 10.7 Å². The summed E-state index contributed by atoms with van der Waals surface area (Å²) in [5.41, 5.74) is -1.30. The van der Waals surface area contributed by atoms with E-state index in [1.165, 1.54) is 42.9 Å². The molecule has 0 amide bonds. The Kier molecular flexibility index (Phi) is 4.05. The lowest BCUT2D eigenvalue weighted by molar-refractivity contribution is -0.141. The molecule has 0 spiro atoms. The molecule has 130 valence electrons. The summed E-state index contributed by atoms with van der Waals surface area (Å²) in [5.74, 6) is 0. The van der Waals surface area contributed by atoms with Gasteiger partial charge in [0.2, 0.25) is 10.0 Å². The number of para-hydroxylation sites is 1. The van der Waals surface area contributed by atoms with Crippen molar-refractivity contribution in [3.63, 3.8) is 0 Å². The molecule has 1 aromatic carbocycles. The number of hydrogen-bond donors (Lipinski definition) is 1. The summed E-state index contributed by atoms with van der Waals surface area (Å²) < 4.78 is 63.6. The number of hydrogen-bond acceptors (Lipinski definition) is 5. The van der Waals surface area contributed by atoms with Crippen molar-refractivity contribution in [1.82, 2.24) is 19.7 Å². The third-order valence-electron chi connectivity index (χ3n) is 3.23. The molecule has 0 saturated carbocycles. The van der Waals surface area contributed by atoms with E-state index < -0.39 is 21.9 Å². The second-order valence-corrected chi connectivity index (χ2v) is 6.46. The normalized spacial score (nSPS) is 12.3. The Labute approximate surface area is 140 Å². The third kappa shape index (κ3) is 3.37. The SMILES string of the molecule is NS(=O)(=O)c1ccccc1-n1nc(C(F)(F)F)cc1-c1cnccn1. The van der Waals surface area contributed by atoms with Gasteiger partial charge < -0.3 is 0 Å². The fourth-order valence-electron chi connectivity index (χ4n) is 2.19. The molecule has 0 aliphatic rings. The van der Waals surface area contributed by atoms with Gasteiger partial charge in [0.05, 0.1) is 17.6 Å². The van der Waals surface area contributed by atoms with Crippen LogP contribution in [-0.4, -0.2) is 28.2 Å². The van der Waals surface area contributed by atoms with Crippen LogP contribution in [0.1, 0.15) is 5.69 Å². The van der Waals surface area contributed by atoms with E-state index in [2.05, 4.69) is 15.1 Å². The lowest BCUT2D eigenvalue weighted by Crippen LogP contribution is -2.16. The number of rotatable bonds is 3. The highest BCUT2D eigenvalue weighted by molar-refractivity contribution is 7.89. The number of halogens is 3. The maximum atomic E-state index is 13.1. The number of nitrogens with two attached hydrogens (primary N) is 1. The molecule has 0 fully saturated rings. The highest BCUT2D eigenvalue weighted by atomic mass is 32.2. The van der Waals surface area contributed by atoms with Crippen molar-refractivity contribution in [1.29, 1.82) is 0 Å². The highest BCUT2D eigenvalue weighted by Gasteiger charge is 2.36. The summed E-state index contributed by atoms with van der Waals surface area (Å²) in [5, 5.41) is 8.66. The first-order chi connectivity index (χ1) is 11.7. The minimum absolute atomic E-state index is 0.0727. The van der Waals surface area contributed by atoms with Gasteiger partial charge >= 0.3 is 6.18 Å². The van der Waals surface area contributed by atoms with Gasteiger partial charge in [-0.25, -0.2) is 18.2 Å². The van der Waals surface area contributed by atoms with Gasteiger partial charge in [-0.2, -0.15) is 18.3 Å². The molecule has 0 saturated heterocycles. The van der Waals surface area contributed by atoms with Crippen molar-refractivity contribution < 1.29 is 21.6 Å². The fraction of sp³-hybridized carbons (Fsp3) is 0.0714. The maximum Gasteiger partial charge on any atom is 0.435 e. The predicted octanol–water partition coefficient (Wildman–Crippen LogP) is 2.00. The Morgan fingerprint density at radius 2 is 1.84 bits per heavy atom. The van der Waals surface area contributed by atoms with Gasteiger partial charge in [-0.05, 0) is 18.2 Å². The molecule has 0 atom stereocenters. The smallest absolute Gasteiger partial charge is 0.261 e. The lowest BCUT2D eigenvalue weighted by Gasteiger charge is -2.10. The van der Waals surface area contributed by atoms with Crippen LogP contribution in [0.3, 0.4) is 0 Å². The van der Waals surface area contributed by atoms with Gasteiger partial charge in [-0.15, -0.1) is 0 Å². The topological polar surface area (TPSA) is 104 Å². The Bertz CT molecular complexity index is 1020. The van der Waals surface area contributed by atoms with Gasteiger partial charge in [0.15, 0.2) is 5.69 Å². The number of nitrogens with zero attached hydrogens (tertiary/aromatic N) is 4. The van der Waals surface area contributed by atoms with Crippen LogP contribution < -0.4 is 5.14 Å². The fourth-order valence-corrected chi connectivity index (χ4v) is 2.90. The summed E-state index contributed by atoms with van der Waals surface area (Å²) in [6.45, 7) is 0. The zero-order valence-electron chi connectivity index (χ0n) is 12.3. The lowest BCUT2D eigenvalue weighted by atomic mass is 10.2. The number of aromatic nitrogens is 4. The minimum Gasteiger partial charge on any atom is -0.261 e. The first-order valence-corrected chi connectivity index (χ1v) is 8.28. The number of sulfonamides is 1. The van der Waals surface area contributed by atoms with Crippen molar-refractivity contribution in [3.05, 3.63) is 54.6 Å². The van der Waals surface area contributed by atoms with Crippen LogP contribution in [0.4, 0.5) is 13.2 Å². The van der Waals surface area contributed by atoms with Crippen LogP contribution in [0, 0.1) is 0 Å².